The molecule has 0 amide bonds. The second-order valence-electron chi connectivity index (χ2n) is 4.95. The minimum absolute atomic E-state index is 0.152. The molecule has 1 heterocycles. The Hall–Kier alpha value is -2.04. The monoisotopic (exact) mass is 335 g/mol. The van der Waals surface area contributed by atoms with E-state index in [1.165, 1.54) is 10.6 Å². The van der Waals surface area contributed by atoms with Gasteiger partial charge in [-0.2, -0.15) is 0 Å². The highest BCUT2D eigenvalue weighted by Crippen LogP contribution is 2.25. The Bertz CT molecular complexity index is 989. The van der Waals surface area contributed by atoms with Crippen LogP contribution in [0.1, 0.15) is 11.1 Å². The normalized spacial score (nSPS) is 11.0. The van der Waals surface area contributed by atoms with Gasteiger partial charge < -0.3 is 4.42 Å². The van der Waals surface area contributed by atoms with Crippen LogP contribution >= 0.6 is 23.2 Å². The van der Waals surface area contributed by atoms with Gasteiger partial charge in [-0.25, -0.2) is 9.59 Å². The van der Waals surface area contributed by atoms with Crippen molar-refractivity contribution in [3.63, 3.8) is 0 Å². The minimum Gasteiger partial charge on any atom is -0.372 e. The average molecular weight is 336 g/mol. The van der Waals surface area contributed by atoms with Gasteiger partial charge in [0.2, 0.25) is 0 Å². The largest absolute Gasteiger partial charge is 0.422 e. The van der Waals surface area contributed by atoms with Crippen molar-refractivity contribution in [2.24, 2.45) is 0 Å². The van der Waals surface area contributed by atoms with Gasteiger partial charge in [-0.3, -0.25) is 4.57 Å². The van der Waals surface area contributed by atoms with Gasteiger partial charge in [-0.05, 0) is 30.2 Å². The predicted molar refractivity (Wildman–Crippen MR) is 87.0 cm³/mol. The molecule has 3 aromatic rings. The fourth-order valence-electron chi connectivity index (χ4n) is 2.37. The van der Waals surface area contributed by atoms with Gasteiger partial charge in [0.25, 0.3) is 0 Å². The summed E-state index contributed by atoms with van der Waals surface area (Å²) in [5.74, 6) is -0.737. The number of hydrogen-bond donors (Lipinski definition) is 0. The summed E-state index contributed by atoms with van der Waals surface area (Å²) in [6, 6.07) is 10.6. The summed E-state index contributed by atoms with van der Waals surface area (Å²) >= 11 is 12.1. The molecule has 0 fully saturated rings. The van der Waals surface area contributed by atoms with E-state index in [9.17, 15) is 9.59 Å². The zero-order valence-corrected chi connectivity index (χ0v) is 13.1. The van der Waals surface area contributed by atoms with Crippen LogP contribution in [-0.2, 0) is 6.54 Å². The van der Waals surface area contributed by atoms with Crippen LogP contribution in [0.25, 0.3) is 10.9 Å². The first-order valence-electron chi connectivity index (χ1n) is 6.54. The van der Waals surface area contributed by atoms with Crippen molar-refractivity contribution in [2.45, 2.75) is 13.5 Å². The summed E-state index contributed by atoms with van der Waals surface area (Å²) in [6.07, 6.45) is 0. The summed E-state index contributed by atoms with van der Waals surface area (Å²) in [7, 11) is 0. The van der Waals surface area contributed by atoms with Crippen molar-refractivity contribution in [2.75, 3.05) is 0 Å². The average Bonchev–Trinajstić information content (AvgIpc) is 2.44. The van der Waals surface area contributed by atoms with E-state index in [4.69, 9.17) is 27.6 Å². The van der Waals surface area contributed by atoms with Crippen LogP contribution in [-0.4, -0.2) is 4.57 Å². The van der Waals surface area contributed by atoms with E-state index in [1.54, 1.807) is 6.07 Å². The highest BCUT2D eigenvalue weighted by molar-refractivity contribution is 6.38. The third-order valence-electron chi connectivity index (χ3n) is 3.52. The Morgan fingerprint density at radius 1 is 1.14 bits per heavy atom. The number of aromatic nitrogens is 1. The van der Waals surface area contributed by atoms with Crippen molar-refractivity contribution in [3.05, 3.63) is 78.5 Å². The number of fused-ring (bicyclic) bond motifs is 1. The van der Waals surface area contributed by atoms with E-state index >= 15 is 0 Å². The molecule has 0 saturated carbocycles. The number of aryl methyl sites for hydroxylation is 1. The molecule has 112 valence electrons. The third-order valence-corrected chi connectivity index (χ3v) is 4.04. The van der Waals surface area contributed by atoms with E-state index in [0.717, 1.165) is 11.1 Å². The lowest BCUT2D eigenvalue weighted by molar-refractivity contribution is 0.424. The molecule has 0 unspecified atom stereocenters. The molecule has 6 heteroatoms. The molecule has 2 aromatic carbocycles. The maximum Gasteiger partial charge on any atom is 0.422 e. The van der Waals surface area contributed by atoms with E-state index in [0.29, 0.717) is 10.5 Å². The Morgan fingerprint density at radius 2 is 1.86 bits per heavy atom. The summed E-state index contributed by atoms with van der Waals surface area (Å²) in [6.45, 7) is 2.21. The Kier molecular flexibility index (Phi) is 3.81. The standard InChI is InChI=1S/C16H11Cl2NO3/c1-9-4-2-3-5-10(9)8-19-13-7-11(17)6-12(18)14(13)15(20)22-16(19)21/h2-7H,8H2,1H3. The molecule has 0 N–H and O–H groups in total. The highest BCUT2D eigenvalue weighted by atomic mass is 35.5. The van der Waals surface area contributed by atoms with Crippen molar-refractivity contribution in [1.29, 1.82) is 0 Å². The molecule has 3 rings (SSSR count). The van der Waals surface area contributed by atoms with Gasteiger partial charge in [-0.15, -0.1) is 0 Å². The van der Waals surface area contributed by atoms with Gasteiger partial charge in [0.1, 0.15) is 5.39 Å². The molecule has 1 aromatic heterocycles. The Morgan fingerprint density at radius 3 is 2.59 bits per heavy atom. The molecule has 0 aliphatic rings. The summed E-state index contributed by atoms with van der Waals surface area (Å²) in [4.78, 5) is 24.0. The van der Waals surface area contributed by atoms with E-state index < -0.39 is 11.4 Å². The summed E-state index contributed by atoms with van der Waals surface area (Å²) < 4.78 is 6.14. The lowest BCUT2D eigenvalue weighted by Gasteiger charge is -2.11. The Balaban J connectivity index is 2.32. The van der Waals surface area contributed by atoms with Crippen molar-refractivity contribution < 1.29 is 4.42 Å². The molecule has 0 saturated heterocycles. The smallest absolute Gasteiger partial charge is 0.372 e. The molecule has 22 heavy (non-hydrogen) atoms. The van der Waals surface area contributed by atoms with Crippen LogP contribution in [0.15, 0.2) is 50.4 Å². The maximum absolute atomic E-state index is 12.1. The quantitative estimate of drug-likeness (QED) is 0.718. The number of benzene rings is 2. The molecule has 0 atom stereocenters. The number of nitrogens with zero attached hydrogens (tertiary/aromatic N) is 1. The number of rotatable bonds is 2. The Labute approximate surface area is 135 Å². The van der Waals surface area contributed by atoms with E-state index in [-0.39, 0.29) is 17.0 Å². The minimum atomic E-state index is -0.761. The molecule has 4 nitrogen and oxygen atoms in total. The van der Waals surface area contributed by atoms with Crippen LogP contribution in [0, 0.1) is 6.92 Å². The predicted octanol–water partition coefficient (Wildman–Crippen LogP) is 3.62. The molecular formula is C16H11Cl2NO3. The van der Waals surface area contributed by atoms with Gasteiger partial charge in [-0.1, -0.05) is 47.5 Å². The summed E-state index contributed by atoms with van der Waals surface area (Å²) in [5, 5.41) is 0.662. The molecule has 0 aliphatic heterocycles. The summed E-state index contributed by atoms with van der Waals surface area (Å²) in [5.41, 5.74) is 1.57. The van der Waals surface area contributed by atoms with Crippen LogP contribution in [0.4, 0.5) is 0 Å². The van der Waals surface area contributed by atoms with Gasteiger partial charge in [0.05, 0.1) is 17.1 Å². The number of halogens is 2. The van der Waals surface area contributed by atoms with E-state index in [1.807, 2.05) is 31.2 Å². The van der Waals surface area contributed by atoms with Gasteiger partial charge >= 0.3 is 11.4 Å². The number of hydrogen-bond acceptors (Lipinski definition) is 3. The zero-order valence-electron chi connectivity index (χ0n) is 11.6. The first-order valence-corrected chi connectivity index (χ1v) is 7.30. The van der Waals surface area contributed by atoms with Crippen molar-refractivity contribution in [1.82, 2.24) is 4.57 Å². The second-order valence-corrected chi connectivity index (χ2v) is 5.79. The molecular weight excluding hydrogens is 325 g/mol. The topological polar surface area (TPSA) is 52.2 Å². The zero-order chi connectivity index (χ0) is 15.9. The van der Waals surface area contributed by atoms with Crippen molar-refractivity contribution in [3.8, 4) is 0 Å². The van der Waals surface area contributed by atoms with E-state index in [2.05, 4.69) is 0 Å². The fraction of sp³-hybridized carbons (Fsp3) is 0.125. The maximum atomic E-state index is 12.1. The van der Waals surface area contributed by atoms with Gasteiger partial charge in [0, 0.05) is 5.02 Å². The first kappa shape index (κ1) is 14.9. The van der Waals surface area contributed by atoms with Crippen LogP contribution in [0.5, 0.6) is 0 Å². The molecule has 0 radical (unpaired) electrons. The van der Waals surface area contributed by atoms with Crippen molar-refractivity contribution >= 4 is 34.1 Å². The lowest BCUT2D eigenvalue weighted by Crippen LogP contribution is -2.26. The highest BCUT2D eigenvalue weighted by Gasteiger charge is 2.14. The fourth-order valence-corrected chi connectivity index (χ4v) is 2.93. The second kappa shape index (κ2) is 5.63. The SMILES string of the molecule is Cc1ccccc1Cn1c(=O)oc(=O)c2c(Cl)cc(Cl)cc21. The molecule has 0 spiro atoms. The van der Waals surface area contributed by atoms with Gasteiger partial charge in [0.15, 0.2) is 0 Å². The molecule has 0 aliphatic carbocycles. The van der Waals surface area contributed by atoms with Crippen LogP contribution < -0.4 is 11.4 Å². The third kappa shape index (κ3) is 2.56. The van der Waals surface area contributed by atoms with Crippen LogP contribution in [0.3, 0.4) is 0 Å². The first-order chi connectivity index (χ1) is 10.5. The lowest BCUT2D eigenvalue weighted by atomic mass is 10.1. The van der Waals surface area contributed by atoms with Crippen LogP contribution in [0.2, 0.25) is 10.0 Å². The molecule has 0 bridgehead atoms.